The summed E-state index contributed by atoms with van der Waals surface area (Å²) >= 11 is 0. The highest BCUT2D eigenvalue weighted by molar-refractivity contribution is 6.02. The quantitative estimate of drug-likeness (QED) is 0.261. The Bertz CT molecular complexity index is 661. The molecule has 1 fully saturated rings. The lowest BCUT2D eigenvalue weighted by molar-refractivity contribution is 0.487. The monoisotopic (exact) mass is 359 g/mol. The van der Waals surface area contributed by atoms with Crippen molar-refractivity contribution in [3.63, 3.8) is 0 Å². The molecular weight excluding hydrogens is 333 g/mol. The van der Waals surface area contributed by atoms with Gasteiger partial charge in [0, 0.05) is 43.3 Å². The third-order valence-electron chi connectivity index (χ3n) is 3.92. The van der Waals surface area contributed by atoms with Crippen molar-refractivity contribution in [3.05, 3.63) is 42.2 Å². The first-order chi connectivity index (χ1) is 12.6. The highest BCUT2D eigenvalue weighted by Crippen LogP contribution is 2.18. The summed E-state index contributed by atoms with van der Waals surface area (Å²) in [4.78, 5) is 6.70. The molecule has 0 spiro atoms. The van der Waals surface area contributed by atoms with Crippen LogP contribution in [0.2, 0.25) is 0 Å². The molecule has 7 nitrogen and oxygen atoms in total. The van der Waals surface area contributed by atoms with Crippen molar-refractivity contribution in [1.29, 1.82) is 10.8 Å². The molecule has 0 aromatic carbocycles. The first-order valence-electron chi connectivity index (χ1n) is 8.64. The first-order valence-corrected chi connectivity index (χ1v) is 8.64. The van der Waals surface area contributed by atoms with E-state index in [0.717, 1.165) is 24.5 Å². The van der Waals surface area contributed by atoms with Crippen LogP contribution in [0, 0.1) is 10.8 Å². The summed E-state index contributed by atoms with van der Waals surface area (Å²) in [5.74, 6) is 1.09. The van der Waals surface area contributed by atoms with E-state index in [1.54, 1.807) is 12.3 Å². The highest BCUT2D eigenvalue weighted by atomic mass is 19.1. The Kier molecular flexibility index (Phi) is 7.60. The lowest BCUT2D eigenvalue weighted by Crippen LogP contribution is -2.27. The van der Waals surface area contributed by atoms with Gasteiger partial charge in [-0.3, -0.25) is 5.41 Å². The number of nitrogens with two attached hydrogens (primary N) is 1. The summed E-state index contributed by atoms with van der Waals surface area (Å²) in [6.45, 7) is 2.00. The molecule has 2 heterocycles. The number of nitrogens with one attached hydrogen (secondary N) is 4. The van der Waals surface area contributed by atoms with Gasteiger partial charge >= 0.3 is 0 Å². The molecule has 1 aliphatic heterocycles. The van der Waals surface area contributed by atoms with Crippen molar-refractivity contribution in [2.24, 2.45) is 5.73 Å². The van der Waals surface area contributed by atoms with Gasteiger partial charge in [-0.1, -0.05) is 0 Å². The van der Waals surface area contributed by atoms with Gasteiger partial charge in [-0.05, 0) is 37.1 Å². The van der Waals surface area contributed by atoms with Crippen molar-refractivity contribution < 1.29 is 4.39 Å². The van der Waals surface area contributed by atoms with Crippen LogP contribution >= 0.6 is 0 Å². The van der Waals surface area contributed by atoms with Crippen molar-refractivity contribution in [2.75, 3.05) is 37.8 Å². The number of nitrogens with zero attached hydrogens (tertiary/aromatic N) is 2. The maximum atomic E-state index is 11.9. The first kappa shape index (κ1) is 19.4. The topological polar surface area (TPSA) is 114 Å². The summed E-state index contributed by atoms with van der Waals surface area (Å²) in [6, 6.07) is 3.86. The highest BCUT2D eigenvalue weighted by Gasteiger charge is 2.13. The predicted molar refractivity (Wildman–Crippen MR) is 104 cm³/mol. The maximum absolute atomic E-state index is 11.9. The normalized spacial score (nSPS) is 14.7. The summed E-state index contributed by atoms with van der Waals surface area (Å²) in [5, 5.41) is 21.1. The standard InChI is InChI=1S/C18H26FN7/c19-6-8-23-7-5-17(22)24-13-15(20)11-16(21)14-3-4-18(25-12-14)26-9-1-2-10-26/h3-5,7,11-12,20,23H,1-2,6,8-10,13,21H2,(H2,22,24)/b7-5-,16-11-,20-15?. The third-order valence-corrected chi connectivity index (χ3v) is 3.92. The maximum Gasteiger partial charge on any atom is 0.128 e. The SMILES string of the molecule is N=C(/C=C(\N)c1ccc(N2CCCC2)nc1)CNC(=N)/C=C\NCCF. The van der Waals surface area contributed by atoms with Gasteiger partial charge < -0.3 is 26.7 Å². The van der Waals surface area contributed by atoms with Crippen LogP contribution in [0.15, 0.2) is 36.7 Å². The molecule has 26 heavy (non-hydrogen) atoms. The number of halogens is 1. The third kappa shape index (κ3) is 6.19. The zero-order valence-electron chi connectivity index (χ0n) is 14.8. The van der Waals surface area contributed by atoms with Crippen LogP contribution in [0.1, 0.15) is 18.4 Å². The van der Waals surface area contributed by atoms with Crippen LogP contribution in [0.25, 0.3) is 5.70 Å². The molecule has 6 N–H and O–H groups in total. The Hall–Kier alpha value is -2.90. The molecule has 0 bridgehead atoms. The van der Waals surface area contributed by atoms with E-state index in [1.807, 2.05) is 12.1 Å². The van der Waals surface area contributed by atoms with E-state index < -0.39 is 6.67 Å². The van der Waals surface area contributed by atoms with Crippen molar-refractivity contribution >= 4 is 23.1 Å². The second kappa shape index (κ2) is 10.2. The lowest BCUT2D eigenvalue weighted by atomic mass is 10.1. The predicted octanol–water partition coefficient (Wildman–Crippen LogP) is 1.64. The molecule has 140 valence electrons. The molecular formula is C18H26FN7. The lowest BCUT2D eigenvalue weighted by Gasteiger charge is -2.16. The fourth-order valence-corrected chi connectivity index (χ4v) is 2.54. The van der Waals surface area contributed by atoms with E-state index in [4.69, 9.17) is 16.6 Å². The molecule has 1 aromatic heterocycles. The average molecular weight is 359 g/mol. The van der Waals surface area contributed by atoms with E-state index in [1.165, 1.54) is 25.1 Å². The molecule has 0 aliphatic carbocycles. The molecule has 0 unspecified atom stereocenters. The van der Waals surface area contributed by atoms with Crippen LogP contribution in [-0.2, 0) is 0 Å². The number of amidine groups is 1. The second-order valence-corrected chi connectivity index (χ2v) is 5.97. The smallest absolute Gasteiger partial charge is 0.128 e. The van der Waals surface area contributed by atoms with E-state index in [0.29, 0.717) is 5.70 Å². The van der Waals surface area contributed by atoms with E-state index in [-0.39, 0.29) is 24.6 Å². The number of alkyl halides is 1. The number of hydrogen-bond acceptors (Lipinski definition) is 6. The minimum atomic E-state index is -0.465. The molecule has 1 saturated heterocycles. The van der Waals surface area contributed by atoms with Gasteiger partial charge in [0.25, 0.3) is 0 Å². The molecule has 2 rings (SSSR count). The summed E-state index contributed by atoms with van der Waals surface area (Å²) in [6.07, 6.45) is 8.64. The van der Waals surface area contributed by atoms with Crippen molar-refractivity contribution in [2.45, 2.75) is 12.8 Å². The van der Waals surface area contributed by atoms with Gasteiger partial charge in [0.2, 0.25) is 0 Å². The van der Waals surface area contributed by atoms with Crippen LogP contribution in [0.3, 0.4) is 0 Å². The number of aromatic nitrogens is 1. The number of anilines is 1. The molecule has 1 aromatic rings. The van der Waals surface area contributed by atoms with Crippen LogP contribution in [-0.4, -0.2) is 49.4 Å². The fourth-order valence-electron chi connectivity index (χ4n) is 2.54. The van der Waals surface area contributed by atoms with Gasteiger partial charge in [0.15, 0.2) is 0 Å². The largest absolute Gasteiger partial charge is 0.398 e. The summed E-state index contributed by atoms with van der Waals surface area (Å²) in [5.41, 5.74) is 7.52. The van der Waals surface area contributed by atoms with Crippen molar-refractivity contribution in [1.82, 2.24) is 15.6 Å². The van der Waals surface area contributed by atoms with E-state index in [2.05, 4.69) is 20.5 Å². The molecule has 0 radical (unpaired) electrons. The fraction of sp³-hybridized carbons (Fsp3) is 0.389. The zero-order chi connectivity index (χ0) is 18.8. The Morgan fingerprint density at radius 2 is 2.08 bits per heavy atom. The average Bonchev–Trinajstić information content (AvgIpc) is 3.18. The van der Waals surface area contributed by atoms with Crippen LogP contribution in [0.4, 0.5) is 10.2 Å². The molecule has 1 aliphatic rings. The van der Waals surface area contributed by atoms with Gasteiger partial charge in [-0.25, -0.2) is 9.37 Å². The Morgan fingerprint density at radius 3 is 2.73 bits per heavy atom. The van der Waals surface area contributed by atoms with E-state index in [9.17, 15) is 4.39 Å². The second-order valence-electron chi connectivity index (χ2n) is 5.97. The van der Waals surface area contributed by atoms with Gasteiger partial charge in [0.05, 0.1) is 12.3 Å². The van der Waals surface area contributed by atoms with Gasteiger partial charge in [0.1, 0.15) is 18.3 Å². The Morgan fingerprint density at radius 1 is 1.31 bits per heavy atom. The summed E-state index contributed by atoms with van der Waals surface area (Å²) in [7, 11) is 0. The molecule has 0 saturated carbocycles. The summed E-state index contributed by atoms with van der Waals surface area (Å²) < 4.78 is 11.9. The van der Waals surface area contributed by atoms with E-state index >= 15 is 0 Å². The van der Waals surface area contributed by atoms with Crippen LogP contribution < -0.4 is 21.3 Å². The Balaban J connectivity index is 1.82. The number of hydrogen-bond donors (Lipinski definition) is 5. The minimum Gasteiger partial charge on any atom is -0.398 e. The zero-order valence-corrected chi connectivity index (χ0v) is 14.8. The number of rotatable bonds is 9. The molecule has 0 amide bonds. The minimum absolute atomic E-state index is 0.129. The van der Waals surface area contributed by atoms with Crippen molar-refractivity contribution in [3.8, 4) is 0 Å². The van der Waals surface area contributed by atoms with Gasteiger partial charge in [-0.2, -0.15) is 0 Å². The Labute approximate surface area is 153 Å². The van der Waals surface area contributed by atoms with Crippen LogP contribution in [0.5, 0.6) is 0 Å². The number of pyridine rings is 1. The molecule has 8 heteroatoms. The van der Waals surface area contributed by atoms with Gasteiger partial charge in [-0.15, -0.1) is 0 Å². The molecule has 0 atom stereocenters.